The number of esters is 1. The number of sulfonamides is 1. The quantitative estimate of drug-likeness (QED) is 0.620. The van der Waals surface area contributed by atoms with Gasteiger partial charge in [-0.15, -0.1) is 0 Å². The summed E-state index contributed by atoms with van der Waals surface area (Å²) >= 11 is 0. The number of hydrogen-bond acceptors (Lipinski definition) is 8. The normalized spacial score (nSPS) is 22.3. The Morgan fingerprint density at radius 2 is 1.90 bits per heavy atom. The van der Waals surface area contributed by atoms with Crippen molar-refractivity contribution in [1.29, 1.82) is 0 Å². The summed E-state index contributed by atoms with van der Waals surface area (Å²) in [4.78, 5) is 26.7. The van der Waals surface area contributed by atoms with Crippen molar-refractivity contribution in [1.82, 2.24) is 14.4 Å². The second-order valence-electron chi connectivity index (χ2n) is 7.37. The molecule has 11 heteroatoms. The van der Waals surface area contributed by atoms with E-state index in [9.17, 15) is 18.0 Å². The van der Waals surface area contributed by atoms with Crippen LogP contribution in [0.25, 0.3) is 0 Å². The number of aromatic nitrogens is 1. The van der Waals surface area contributed by atoms with Gasteiger partial charge >= 0.3 is 5.97 Å². The van der Waals surface area contributed by atoms with Gasteiger partial charge in [0.1, 0.15) is 10.6 Å². The molecule has 2 atom stereocenters. The smallest absolute Gasteiger partial charge is 0.311 e. The van der Waals surface area contributed by atoms with E-state index < -0.39 is 28.0 Å². The number of hydrogen-bond donors (Lipinski definition) is 0. The van der Waals surface area contributed by atoms with E-state index >= 15 is 0 Å². The minimum Gasteiger partial charge on any atom is -0.452 e. The Bertz CT molecular complexity index is 841. The van der Waals surface area contributed by atoms with Gasteiger partial charge in [-0.3, -0.25) is 9.59 Å². The molecule has 2 aliphatic heterocycles. The lowest BCUT2D eigenvalue weighted by Crippen LogP contribution is -2.47. The van der Waals surface area contributed by atoms with Gasteiger partial charge in [0.05, 0.1) is 19.1 Å². The van der Waals surface area contributed by atoms with Gasteiger partial charge in [0.15, 0.2) is 11.9 Å². The maximum absolute atomic E-state index is 13.0. The predicted molar refractivity (Wildman–Crippen MR) is 100 cm³/mol. The molecule has 2 aliphatic rings. The van der Waals surface area contributed by atoms with Crippen molar-refractivity contribution in [2.24, 2.45) is 5.92 Å². The maximum atomic E-state index is 13.0. The Balaban J connectivity index is 1.64. The summed E-state index contributed by atoms with van der Waals surface area (Å²) in [5.41, 5.74) is 0.289. The number of carbonyl (C=O) groups excluding carboxylic acids is 2. The minimum atomic E-state index is -3.83. The predicted octanol–water partition coefficient (Wildman–Crippen LogP) is 0.483. The van der Waals surface area contributed by atoms with Crippen LogP contribution in [0.15, 0.2) is 9.42 Å². The molecule has 1 aromatic heterocycles. The highest BCUT2D eigenvalue weighted by molar-refractivity contribution is 7.89. The van der Waals surface area contributed by atoms with Gasteiger partial charge in [0.2, 0.25) is 10.0 Å². The highest BCUT2D eigenvalue weighted by Gasteiger charge is 2.38. The number of morpholine rings is 1. The van der Waals surface area contributed by atoms with E-state index in [2.05, 4.69) is 5.16 Å². The molecule has 0 N–H and O–H groups in total. The third-order valence-electron chi connectivity index (χ3n) is 5.25. The maximum Gasteiger partial charge on any atom is 0.311 e. The SMILES string of the molecule is Cc1noc(C)c1S(=O)(=O)N1CCCC(C(=O)OC(C)C(=O)N2CCOCC2)C1. The van der Waals surface area contributed by atoms with Crippen LogP contribution in [0.2, 0.25) is 0 Å². The molecule has 2 unspecified atom stereocenters. The second-order valence-corrected chi connectivity index (χ2v) is 9.25. The lowest BCUT2D eigenvalue weighted by molar-refractivity contribution is -0.164. The van der Waals surface area contributed by atoms with Crippen molar-refractivity contribution in [3.05, 3.63) is 11.5 Å². The van der Waals surface area contributed by atoms with Crippen LogP contribution in [0, 0.1) is 19.8 Å². The minimum absolute atomic E-state index is 0.00366. The highest BCUT2D eigenvalue weighted by Crippen LogP contribution is 2.28. The molecule has 29 heavy (non-hydrogen) atoms. The van der Waals surface area contributed by atoms with Gasteiger partial charge in [-0.1, -0.05) is 5.16 Å². The number of ether oxygens (including phenoxy) is 2. The lowest BCUT2D eigenvalue weighted by Gasteiger charge is -2.32. The Kier molecular flexibility index (Phi) is 6.59. The van der Waals surface area contributed by atoms with Crippen LogP contribution in [-0.2, 0) is 29.1 Å². The Morgan fingerprint density at radius 3 is 2.52 bits per heavy atom. The summed E-state index contributed by atoms with van der Waals surface area (Å²) in [7, 11) is -3.83. The second kappa shape index (κ2) is 8.80. The number of piperidine rings is 1. The van der Waals surface area contributed by atoms with Gasteiger partial charge in [0, 0.05) is 26.2 Å². The van der Waals surface area contributed by atoms with E-state index in [1.807, 2.05) is 0 Å². The molecular formula is C18H27N3O7S. The summed E-state index contributed by atoms with van der Waals surface area (Å²) in [6.45, 7) is 6.81. The molecule has 0 spiro atoms. The fourth-order valence-electron chi connectivity index (χ4n) is 3.69. The van der Waals surface area contributed by atoms with Crippen LogP contribution in [0.3, 0.4) is 0 Å². The third-order valence-corrected chi connectivity index (χ3v) is 7.36. The monoisotopic (exact) mass is 429 g/mol. The van der Waals surface area contributed by atoms with Gasteiger partial charge in [0.25, 0.3) is 5.91 Å². The largest absolute Gasteiger partial charge is 0.452 e. The average Bonchev–Trinajstić information content (AvgIpc) is 3.06. The summed E-state index contributed by atoms with van der Waals surface area (Å²) in [6, 6.07) is 0. The molecule has 1 aromatic rings. The van der Waals surface area contributed by atoms with Crippen molar-refractivity contribution in [3.8, 4) is 0 Å². The zero-order valence-electron chi connectivity index (χ0n) is 16.9. The Labute approximate surface area is 170 Å². The number of nitrogens with zero attached hydrogens (tertiary/aromatic N) is 3. The van der Waals surface area contributed by atoms with Gasteiger partial charge in [-0.2, -0.15) is 4.31 Å². The average molecular weight is 429 g/mol. The van der Waals surface area contributed by atoms with Crippen molar-refractivity contribution in [2.75, 3.05) is 39.4 Å². The number of aryl methyl sites for hydroxylation is 2. The first-order valence-electron chi connectivity index (χ1n) is 9.72. The first kappa shape index (κ1) is 21.7. The van der Waals surface area contributed by atoms with Crippen molar-refractivity contribution in [3.63, 3.8) is 0 Å². The van der Waals surface area contributed by atoms with E-state index in [1.165, 1.54) is 11.2 Å². The fraction of sp³-hybridized carbons (Fsp3) is 0.722. The highest BCUT2D eigenvalue weighted by atomic mass is 32.2. The topological polar surface area (TPSA) is 119 Å². The summed E-state index contributed by atoms with van der Waals surface area (Å²) in [5.74, 6) is -1.23. The molecule has 2 saturated heterocycles. The first-order valence-corrected chi connectivity index (χ1v) is 11.2. The standard InChI is InChI=1S/C18H27N3O7S/c1-12-16(13(2)28-19-12)29(24,25)21-6-4-5-15(11-21)18(23)27-14(3)17(22)20-7-9-26-10-8-20/h14-15H,4-11H2,1-3H3. The zero-order valence-corrected chi connectivity index (χ0v) is 17.7. The molecule has 3 rings (SSSR count). The third kappa shape index (κ3) is 4.62. The van der Waals surface area contributed by atoms with Crippen LogP contribution < -0.4 is 0 Å². The number of rotatable bonds is 5. The van der Waals surface area contributed by atoms with Crippen molar-refractivity contribution >= 4 is 21.9 Å². The molecule has 3 heterocycles. The first-order chi connectivity index (χ1) is 13.7. The number of carbonyl (C=O) groups is 2. The summed E-state index contributed by atoms with van der Waals surface area (Å²) in [6.07, 6.45) is 0.106. The van der Waals surface area contributed by atoms with Crippen LogP contribution in [0.5, 0.6) is 0 Å². The zero-order chi connectivity index (χ0) is 21.2. The van der Waals surface area contributed by atoms with Crippen molar-refractivity contribution in [2.45, 2.75) is 44.6 Å². The summed E-state index contributed by atoms with van der Waals surface area (Å²) in [5, 5.41) is 3.71. The molecule has 0 bridgehead atoms. The molecule has 10 nitrogen and oxygen atoms in total. The van der Waals surface area contributed by atoms with E-state index in [0.29, 0.717) is 45.7 Å². The van der Waals surface area contributed by atoms with E-state index in [1.54, 1.807) is 18.7 Å². The van der Waals surface area contributed by atoms with Crippen LogP contribution in [0.4, 0.5) is 0 Å². The molecule has 162 valence electrons. The molecule has 0 saturated carbocycles. The van der Waals surface area contributed by atoms with Gasteiger partial charge in [-0.05, 0) is 33.6 Å². The van der Waals surface area contributed by atoms with E-state index in [0.717, 1.165) is 0 Å². The Hall–Kier alpha value is -1.98. The van der Waals surface area contributed by atoms with Crippen LogP contribution in [-0.4, -0.2) is 80.2 Å². The van der Waals surface area contributed by atoms with Crippen LogP contribution in [0.1, 0.15) is 31.2 Å². The fourth-order valence-corrected chi connectivity index (χ4v) is 5.50. The molecule has 0 aromatic carbocycles. The molecular weight excluding hydrogens is 402 g/mol. The van der Waals surface area contributed by atoms with E-state index in [-0.39, 0.29) is 28.8 Å². The molecule has 0 aliphatic carbocycles. The molecule has 2 fully saturated rings. The lowest BCUT2D eigenvalue weighted by atomic mass is 10.00. The number of amides is 1. The van der Waals surface area contributed by atoms with Gasteiger partial charge in [-0.25, -0.2) is 8.42 Å². The molecule has 1 amide bonds. The summed E-state index contributed by atoms with van der Waals surface area (Å²) < 4.78 is 42.8. The van der Waals surface area contributed by atoms with Gasteiger partial charge < -0.3 is 18.9 Å². The molecule has 0 radical (unpaired) electrons. The Morgan fingerprint density at radius 1 is 1.21 bits per heavy atom. The van der Waals surface area contributed by atoms with E-state index in [4.69, 9.17) is 14.0 Å². The van der Waals surface area contributed by atoms with Crippen molar-refractivity contribution < 1.29 is 32.0 Å². The van der Waals surface area contributed by atoms with Crippen LogP contribution >= 0.6 is 0 Å².